The molecular weight excluding hydrogens is 354 g/mol. The minimum absolute atomic E-state index is 0.128. The van der Waals surface area contributed by atoms with Crippen LogP contribution in [0.25, 0.3) is 11.3 Å². The van der Waals surface area contributed by atoms with E-state index in [-0.39, 0.29) is 11.5 Å². The van der Waals surface area contributed by atoms with Gasteiger partial charge in [-0.1, -0.05) is 18.2 Å². The van der Waals surface area contributed by atoms with Crippen molar-refractivity contribution in [2.45, 2.75) is 33.2 Å². The third kappa shape index (κ3) is 2.83. The molecule has 0 spiro atoms. The van der Waals surface area contributed by atoms with E-state index in [4.69, 9.17) is 0 Å². The quantitative estimate of drug-likeness (QED) is 0.703. The molecule has 3 heterocycles. The average molecular weight is 377 g/mol. The minimum Gasteiger partial charge on any atom is -0.310 e. The summed E-state index contributed by atoms with van der Waals surface area (Å²) in [5, 5.41) is 8.95. The predicted octanol–water partition coefficient (Wildman–Crippen LogP) is 2.41. The number of anilines is 1. The van der Waals surface area contributed by atoms with E-state index in [1.54, 1.807) is 22.6 Å². The molecule has 144 valence electrons. The molecule has 1 aromatic carbocycles. The Kier molecular flexibility index (Phi) is 4.37. The summed E-state index contributed by atoms with van der Waals surface area (Å²) in [6.07, 6.45) is 0.824. The van der Waals surface area contributed by atoms with Gasteiger partial charge in [-0.3, -0.25) is 14.3 Å². The summed E-state index contributed by atoms with van der Waals surface area (Å²) in [6, 6.07) is 10.3. The SMILES string of the molecule is Cc1nn(C)c(C)c1-c1ccc(=O)n([C@@H](C)C(=O)N2CCc3ccccc32)n1. The van der Waals surface area contributed by atoms with Crippen LogP contribution in [0.3, 0.4) is 0 Å². The molecule has 0 saturated carbocycles. The van der Waals surface area contributed by atoms with Crippen molar-refractivity contribution in [3.05, 3.63) is 63.7 Å². The van der Waals surface area contributed by atoms with Gasteiger partial charge in [0.15, 0.2) is 0 Å². The Morgan fingerprint density at radius 3 is 2.57 bits per heavy atom. The smallest absolute Gasteiger partial charge is 0.267 e. The van der Waals surface area contributed by atoms with Crippen LogP contribution in [0, 0.1) is 13.8 Å². The van der Waals surface area contributed by atoms with Crippen molar-refractivity contribution in [2.75, 3.05) is 11.4 Å². The van der Waals surface area contributed by atoms with Gasteiger partial charge in [-0.05, 0) is 44.9 Å². The highest BCUT2D eigenvalue weighted by molar-refractivity contribution is 5.97. The molecule has 0 saturated heterocycles. The Bertz CT molecular complexity index is 1130. The molecule has 1 aliphatic rings. The number of carbonyl (C=O) groups is 1. The first-order valence-corrected chi connectivity index (χ1v) is 9.38. The molecule has 0 fully saturated rings. The fraction of sp³-hybridized carbons (Fsp3) is 0.333. The van der Waals surface area contributed by atoms with E-state index in [1.165, 1.54) is 10.7 Å². The van der Waals surface area contributed by atoms with Crippen molar-refractivity contribution in [1.82, 2.24) is 19.6 Å². The number of nitrogens with zero attached hydrogens (tertiary/aromatic N) is 5. The number of benzene rings is 1. The van der Waals surface area contributed by atoms with Gasteiger partial charge in [0, 0.05) is 36.6 Å². The Morgan fingerprint density at radius 2 is 1.86 bits per heavy atom. The number of fused-ring (bicyclic) bond motifs is 1. The fourth-order valence-electron chi connectivity index (χ4n) is 3.88. The van der Waals surface area contributed by atoms with E-state index in [2.05, 4.69) is 10.2 Å². The van der Waals surface area contributed by atoms with Gasteiger partial charge in [0.1, 0.15) is 6.04 Å². The van der Waals surface area contributed by atoms with Crippen molar-refractivity contribution in [1.29, 1.82) is 0 Å². The Labute approximate surface area is 163 Å². The minimum atomic E-state index is -0.698. The van der Waals surface area contributed by atoms with Crippen LogP contribution in [0.4, 0.5) is 5.69 Å². The van der Waals surface area contributed by atoms with Gasteiger partial charge in [0.25, 0.3) is 11.5 Å². The molecule has 2 aromatic heterocycles. The number of rotatable bonds is 3. The van der Waals surface area contributed by atoms with Gasteiger partial charge >= 0.3 is 0 Å². The standard InChI is InChI=1S/C21H23N5O2/c1-13-20(14(2)24(4)22-13)17-9-10-19(27)26(23-17)15(3)21(28)25-12-11-16-7-5-6-8-18(16)25/h5-10,15H,11-12H2,1-4H3/t15-/m0/s1. The molecule has 4 rings (SSSR count). The van der Waals surface area contributed by atoms with Crippen molar-refractivity contribution in [2.24, 2.45) is 7.05 Å². The first-order valence-electron chi connectivity index (χ1n) is 9.38. The first-order chi connectivity index (χ1) is 13.4. The maximum atomic E-state index is 13.2. The predicted molar refractivity (Wildman–Crippen MR) is 107 cm³/mol. The van der Waals surface area contributed by atoms with Crippen LogP contribution < -0.4 is 10.5 Å². The second-order valence-electron chi connectivity index (χ2n) is 7.22. The molecule has 0 bridgehead atoms. The number of hydrogen-bond acceptors (Lipinski definition) is 4. The van der Waals surface area contributed by atoms with Crippen LogP contribution in [0.15, 0.2) is 41.2 Å². The lowest BCUT2D eigenvalue weighted by Crippen LogP contribution is -2.39. The highest BCUT2D eigenvalue weighted by Gasteiger charge is 2.29. The molecule has 28 heavy (non-hydrogen) atoms. The van der Waals surface area contributed by atoms with Crippen LogP contribution in [-0.2, 0) is 18.3 Å². The Morgan fingerprint density at radius 1 is 1.11 bits per heavy atom. The van der Waals surface area contributed by atoms with E-state index in [0.717, 1.165) is 34.6 Å². The van der Waals surface area contributed by atoms with Crippen LogP contribution in [-0.4, -0.2) is 32.0 Å². The lowest BCUT2D eigenvalue weighted by atomic mass is 10.1. The summed E-state index contributed by atoms with van der Waals surface area (Å²) in [6.45, 7) is 6.22. The maximum Gasteiger partial charge on any atom is 0.267 e. The molecule has 1 atom stereocenters. The summed E-state index contributed by atoms with van der Waals surface area (Å²) in [5.41, 5.74) is 5.11. The number of aromatic nitrogens is 4. The van der Waals surface area contributed by atoms with E-state index >= 15 is 0 Å². The summed E-state index contributed by atoms with van der Waals surface area (Å²) in [5.74, 6) is -0.128. The number of hydrogen-bond donors (Lipinski definition) is 0. The van der Waals surface area contributed by atoms with E-state index in [9.17, 15) is 9.59 Å². The highest BCUT2D eigenvalue weighted by Crippen LogP contribution is 2.29. The molecule has 1 aliphatic heterocycles. The molecule has 3 aromatic rings. The zero-order chi connectivity index (χ0) is 20.0. The normalized spacial score (nSPS) is 14.2. The van der Waals surface area contributed by atoms with Crippen molar-refractivity contribution in [3.63, 3.8) is 0 Å². The molecule has 0 aliphatic carbocycles. The summed E-state index contributed by atoms with van der Waals surface area (Å²) in [4.78, 5) is 27.4. The zero-order valence-electron chi connectivity index (χ0n) is 16.5. The Balaban J connectivity index is 1.71. The summed E-state index contributed by atoms with van der Waals surface area (Å²) >= 11 is 0. The molecule has 0 N–H and O–H groups in total. The lowest BCUT2D eigenvalue weighted by molar-refractivity contribution is -0.121. The van der Waals surface area contributed by atoms with Crippen LogP contribution >= 0.6 is 0 Å². The first kappa shape index (κ1) is 18.2. The van der Waals surface area contributed by atoms with Gasteiger partial charge in [0.05, 0.1) is 11.4 Å². The topological polar surface area (TPSA) is 73.0 Å². The Hall–Kier alpha value is -3.22. The van der Waals surface area contributed by atoms with E-state index < -0.39 is 6.04 Å². The third-order valence-corrected chi connectivity index (χ3v) is 5.47. The summed E-state index contributed by atoms with van der Waals surface area (Å²) < 4.78 is 3.07. The number of aryl methyl sites for hydroxylation is 2. The number of carbonyl (C=O) groups excluding carboxylic acids is 1. The van der Waals surface area contributed by atoms with Gasteiger partial charge < -0.3 is 4.90 Å². The van der Waals surface area contributed by atoms with E-state index in [1.807, 2.05) is 45.2 Å². The molecule has 0 radical (unpaired) electrons. The number of amides is 1. The zero-order valence-corrected chi connectivity index (χ0v) is 16.5. The van der Waals surface area contributed by atoms with Crippen molar-refractivity contribution >= 4 is 11.6 Å². The molecule has 1 amide bonds. The van der Waals surface area contributed by atoms with Crippen LogP contribution in [0.5, 0.6) is 0 Å². The van der Waals surface area contributed by atoms with Crippen molar-refractivity contribution < 1.29 is 4.79 Å². The second kappa shape index (κ2) is 6.74. The molecule has 7 nitrogen and oxygen atoms in total. The fourth-order valence-corrected chi connectivity index (χ4v) is 3.88. The molecular formula is C21H23N5O2. The highest BCUT2D eigenvalue weighted by atomic mass is 16.2. The molecule has 0 unspecified atom stereocenters. The van der Waals surface area contributed by atoms with Crippen LogP contribution in [0.2, 0.25) is 0 Å². The third-order valence-electron chi connectivity index (χ3n) is 5.47. The average Bonchev–Trinajstić information content (AvgIpc) is 3.22. The number of para-hydroxylation sites is 1. The monoisotopic (exact) mass is 377 g/mol. The largest absolute Gasteiger partial charge is 0.310 e. The lowest BCUT2D eigenvalue weighted by Gasteiger charge is -2.22. The van der Waals surface area contributed by atoms with Crippen molar-refractivity contribution in [3.8, 4) is 11.3 Å². The molecule has 7 heteroatoms. The van der Waals surface area contributed by atoms with Gasteiger partial charge in [0.2, 0.25) is 0 Å². The summed E-state index contributed by atoms with van der Waals surface area (Å²) in [7, 11) is 1.87. The maximum absolute atomic E-state index is 13.2. The van der Waals surface area contributed by atoms with Crippen LogP contribution in [0.1, 0.15) is 29.9 Å². The second-order valence-corrected chi connectivity index (χ2v) is 7.22. The van der Waals surface area contributed by atoms with Gasteiger partial charge in [-0.15, -0.1) is 0 Å². The van der Waals surface area contributed by atoms with Gasteiger partial charge in [-0.25, -0.2) is 4.68 Å². The van der Waals surface area contributed by atoms with E-state index in [0.29, 0.717) is 12.2 Å². The van der Waals surface area contributed by atoms with Gasteiger partial charge in [-0.2, -0.15) is 10.2 Å².